The predicted octanol–water partition coefficient (Wildman–Crippen LogP) is 2.27. The van der Waals surface area contributed by atoms with Gasteiger partial charge in [-0.15, -0.1) is 10.2 Å². The lowest BCUT2D eigenvalue weighted by atomic mass is 10.1. The number of hydrogen-bond acceptors (Lipinski definition) is 4. The van der Waals surface area contributed by atoms with Crippen LogP contribution in [0.3, 0.4) is 0 Å². The van der Waals surface area contributed by atoms with E-state index in [1.807, 2.05) is 0 Å². The van der Waals surface area contributed by atoms with Gasteiger partial charge in [0, 0.05) is 42.0 Å². The fourth-order valence-corrected chi connectivity index (χ4v) is 3.92. The van der Waals surface area contributed by atoms with E-state index in [-0.39, 0.29) is 17.0 Å². The van der Waals surface area contributed by atoms with E-state index in [0.717, 1.165) is 43.5 Å². The Labute approximate surface area is 160 Å². The van der Waals surface area contributed by atoms with Crippen LogP contribution in [0.1, 0.15) is 53.6 Å². The van der Waals surface area contributed by atoms with Gasteiger partial charge in [-0.2, -0.15) is 0 Å². The number of rotatable bonds is 3. The van der Waals surface area contributed by atoms with Gasteiger partial charge < -0.3 is 14.9 Å². The summed E-state index contributed by atoms with van der Waals surface area (Å²) in [6, 6.07) is 3.87. The summed E-state index contributed by atoms with van der Waals surface area (Å²) in [4.78, 5) is 28.2. The first-order chi connectivity index (χ1) is 13.6. The average molecular weight is 381 g/mol. The number of aryl methyl sites for hydroxylation is 1. The molecule has 1 aromatic carbocycles. The molecule has 1 atom stereocenters. The minimum absolute atomic E-state index is 0.000389. The highest BCUT2D eigenvalue weighted by atomic mass is 19.1. The summed E-state index contributed by atoms with van der Waals surface area (Å²) in [5.74, 6) is 1.63. The average Bonchev–Trinajstić information content (AvgIpc) is 3.48. The van der Waals surface area contributed by atoms with Crippen molar-refractivity contribution in [3.63, 3.8) is 0 Å². The number of halogens is 1. The van der Waals surface area contributed by atoms with Crippen LogP contribution in [0.2, 0.25) is 0 Å². The first-order valence-electron chi connectivity index (χ1n) is 9.64. The number of carbonyl (C=O) groups excluding carboxylic acids is 1. The van der Waals surface area contributed by atoms with E-state index in [1.165, 1.54) is 31.2 Å². The first kappa shape index (κ1) is 17.1. The third-order valence-electron chi connectivity index (χ3n) is 5.64. The fourth-order valence-electron chi connectivity index (χ4n) is 3.92. The molecule has 144 valence electrons. The summed E-state index contributed by atoms with van der Waals surface area (Å²) in [5, 5.41) is 11.8. The molecule has 0 spiro atoms. The number of aromatic nitrogens is 4. The van der Waals surface area contributed by atoms with Gasteiger partial charge in [-0.1, -0.05) is 0 Å². The van der Waals surface area contributed by atoms with Gasteiger partial charge in [-0.3, -0.25) is 9.59 Å². The van der Waals surface area contributed by atoms with Gasteiger partial charge in [0.05, 0.1) is 0 Å². The van der Waals surface area contributed by atoms with E-state index in [2.05, 4.69) is 25.1 Å². The normalized spacial score (nSPS) is 19.2. The molecular formula is C20H20FN5O2. The lowest BCUT2D eigenvalue weighted by Gasteiger charge is -2.16. The van der Waals surface area contributed by atoms with Crippen LogP contribution in [-0.2, 0) is 13.0 Å². The first-order valence-corrected chi connectivity index (χ1v) is 9.64. The van der Waals surface area contributed by atoms with E-state index in [0.29, 0.717) is 11.4 Å². The number of aromatic amines is 1. The van der Waals surface area contributed by atoms with Gasteiger partial charge in [0.25, 0.3) is 5.91 Å². The molecule has 1 saturated carbocycles. The molecule has 1 amide bonds. The minimum atomic E-state index is -0.506. The second-order valence-electron chi connectivity index (χ2n) is 7.62. The molecule has 3 heterocycles. The summed E-state index contributed by atoms with van der Waals surface area (Å²) >= 11 is 0. The summed E-state index contributed by atoms with van der Waals surface area (Å²) in [6.07, 6.45) is 5.98. The molecule has 0 saturated heterocycles. The summed E-state index contributed by atoms with van der Waals surface area (Å²) in [5.41, 5.74) is 0.0379. The van der Waals surface area contributed by atoms with E-state index in [1.54, 1.807) is 0 Å². The molecule has 1 fully saturated rings. The number of benzene rings is 1. The smallest absolute Gasteiger partial charge is 0.256 e. The quantitative estimate of drug-likeness (QED) is 0.728. The van der Waals surface area contributed by atoms with Crippen LogP contribution in [0.25, 0.3) is 10.9 Å². The zero-order valence-corrected chi connectivity index (χ0v) is 15.2. The molecule has 5 rings (SSSR count). The minimum Gasteiger partial charge on any atom is -0.360 e. The standard InChI is InChI=1S/C20H20FN5O2/c21-12-3-5-16-14(9-12)18(27)15(10-22-16)20(28)23-13-4-6-17-24-25-19(11-1-2-11)26(17)8-7-13/h3,5,9-11,13H,1-2,4,6-8H2,(H,22,27)(H,23,28). The van der Waals surface area contributed by atoms with E-state index in [4.69, 9.17) is 0 Å². The number of pyridine rings is 1. The number of hydrogen-bond donors (Lipinski definition) is 2. The number of carbonyl (C=O) groups is 1. The Bertz CT molecular complexity index is 1130. The van der Waals surface area contributed by atoms with Crippen molar-refractivity contribution in [1.82, 2.24) is 25.1 Å². The van der Waals surface area contributed by atoms with Crippen molar-refractivity contribution in [2.24, 2.45) is 0 Å². The van der Waals surface area contributed by atoms with Crippen LogP contribution in [0.15, 0.2) is 29.2 Å². The molecule has 0 radical (unpaired) electrons. The molecule has 28 heavy (non-hydrogen) atoms. The topological polar surface area (TPSA) is 92.7 Å². The largest absolute Gasteiger partial charge is 0.360 e. The fraction of sp³-hybridized carbons (Fsp3) is 0.400. The number of nitrogens with one attached hydrogen (secondary N) is 2. The van der Waals surface area contributed by atoms with Crippen LogP contribution in [0, 0.1) is 5.82 Å². The maximum Gasteiger partial charge on any atom is 0.256 e. The molecule has 1 aliphatic carbocycles. The summed E-state index contributed by atoms with van der Waals surface area (Å²) in [7, 11) is 0. The van der Waals surface area contributed by atoms with Crippen LogP contribution in [0.5, 0.6) is 0 Å². The Morgan fingerprint density at radius 3 is 2.89 bits per heavy atom. The SMILES string of the molecule is O=C(NC1CCc2nnc(C3CC3)n2CC1)c1c[nH]c2ccc(F)cc2c1=O. The molecule has 2 aromatic heterocycles. The van der Waals surface area contributed by atoms with Gasteiger partial charge in [-0.25, -0.2) is 4.39 Å². The highest BCUT2D eigenvalue weighted by Crippen LogP contribution is 2.39. The number of amides is 1. The van der Waals surface area contributed by atoms with E-state index in [9.17, 15) is 14.0 Å². The predicted molar refractivity (Wildman–Crippen MR) is 101 cm³/mol. The Balaban J connectivity index is 1.34. The molecule has 7 nitrogen and oxygen atoms in total. The van der Waals surface area contributed by atoms with Crippen LogP contribution >= 0.6 is 0 Å². The third-order valence-corrected chi connectivity index (χ3v) is 5.64. The Morgan fingerprint density at radius 2 is 2.07 bits per heavy atom. The van der Waals surface area contributed by atoms with Gasteiger partial charge in [0.15, 0.2) is 0 Å². The molecule has 1 unspecified atom stereocenters. The lowest BCUT2D eigenvalue weighted by molar-refractivity contribution is 0.0931. The molecule has 0 bridgehead atoms. The van der Waals surface area contributed by atoms with Crippen molar-refractivity contribution in [1.29, 1.82) is 0 Å². The maximum atomic E-state index is 13.5. The molecular weight excluding hydrogens is 361 g/mol. The number of nitrogens with zero attached hydrogens (tertiary/aromatic N) is 3. The van der Waals surface area contributed by atoms with Crippen molar-refractivity contribution < 1.29 is 9.18 Å². The zero-order chi connectivity index (χ0) is 19.3. The van der Waals surface area contributed by atoms with Crippen molar-refractivity contribution in [2.45, 2.75) is 50.6 Å². The lowest BCUT2D eigenvalue weighted by Crippen LogP contribution is -2.37. The molecule has 2 N–H and O–H groups in total. The molecule has 8 heteroatoms. The Morgan fingerprint density at radius 1 is 1.21 bits per heavy atom. The Hall–Kier alpha value is -3.03. The van der Waals surface area contributed by atoms with E-state index < -0.39 is 17.2 Å². The highest BCUT2D eigenvalue weighted by Gasteiger charge is 2.31. The summed E-state index contributed by atoms with van der Waals surface area (Å²) in [6.45, 7) is 0.762. The van der Waals surface area contributed by atoms with Crippen LogP contribution in [0.4, 0.5) is 4.39 Å². The third kappa shape index (κ3) is 2.98. The summed E-state index contributed by atoms with van der Waals surface area (Å²) < 4.78 is 15.7. The van der Waals surface area contributed by atoms with Crippen molar-refractivity contribution >= 4 is 16.8 Å². The molecule has 2 aliphatic rings. The van der Waals surface area contributed by atoms with Gasteiger partial charge in [0.1, 0.15) is 23.0 Å². The van der Waals surface area contributed by atoms with Gasteiger partial charge >= 0.3 is 0 Å². The number of fused-ring (bicyclic) bond motifs is 2. The van der Waals surface area contributed by atoms with Crippen molar-refractivity contribution in [2.75, 3.05) is 0 Å². The second-order valence-corrected chi connectivity index (χ2v) is 7.62. The van der Waals surface area contributed by atoms with E-state index >= 15 is 0 Å². The van der Waals surface area contributed by atoms with Crippen LogP contribution in [-0.4, -0.2) is 31.7 Å². The monoisotopic (exact) mass is 381 g/mol. The highest BCUT2D eigenvalue weighted by molar-refractivity contribution is 5.97. The van der Waals surface area contributed by atoms with Gasteiger partial charge in [0.2, 0.25) is 5.43 Å². The van der Waals surface area contributed by atoms with Gasteiger partial charge in [-0.05, 0) is 43.9 Å². The Kier molecular flexibility index (Phi) is 3.99. The molecule has 3 aromatic rings. The number of H-pyrrole nitrogens is 1. The van der Waals surface area contributed by atoms with Crippen molar-refractivity contribution in [3.8, 4) is 0 Å². The second kappa shape index (κ2) is 6.54. The maximum absolute atomic E-state index is 13.5. The zero-order valence-electron chi connectivity index (χ0n) is 15.2. The van der Waals surface area contributed by atoms with Crippen LogP contribution < -0.4 is 10.7 Å². The van der Waals surface area contributed by atoms with Crippen molar-refractivity contribution in [3.05, 3.63) is 57.6 Å². The molecule has 1 aliphatic heterocycles.